The molecule has 1 amide bonds. The van der Waals surface area contributed by atoms with Gasteiger partial charge in [-0.2, -0.15) is 0 Å². The average molecular weight is 341 g/mol. The Bertz CT molecular complexity index is 626. The molecule has 1 aromatic carbocycles. The van der Waals surface area contributed by atoms with Crippen molar-refractivity contribution >= 4 is 12.1 Å². The molecule has 0 radical (unpaired) electrons. The van der Waals surface area contributed by atoms with Gasteiger partial charge in [-0.05, 0) is 38.5 Å². The molecule has 132 valence electrons. The summed E-state index contributed by atoms with van der Waals surface area (Å²) in [5.41, 5.74) is -2.18. The molecule has 0 spiro atoms. The summed E-state index contributed by atoms with van der Waals surface area (Å²) in [5, 5.41) is 9.30. The Balaban J connectivity index is 2.17. The number of amides is 1. The van der Waals surface area contributed by atoms with Crippen molar-refractivity contribution in [2.24, 2.45) is 0 Å². The molecule has 0 unspecified atom stereocenters. The Hall–Kier alpha value is -2.18. The normalized spacial score (nSPS) is 24.0. The number of carbonyl (C=O) groups excluding carboxylic acids is 1. The van der Waals surface area contributed by atoms with Gasteiger partial charge in [0.15, 0.2) is 0 Å². The Morgan fingerprint density at radius 2 is 1.92 bits per heavy atom. The third-order valence-electron chi connectivity index (χ3n) is 3.74. The molecule has 1 heterocycles. The standard InChI is InChI=1S/C17H21F2NO4/c1-16(2,3)24-15(23)20-10-17(19,9-13(20)14(21)22)8-11-4-6-12(18)7-5-11/h4-7,13H,8-10H2,1-3H3,(H,21,22)/t13-,17-/m1/s1. The number of hydrogen-bond acceptors (Lipinski definition) is 3. The SMILES string of the molecule is CC(C)(C)OC(=O)N1C[C@@](F)(Cc2ccc(F)cc2)C[C@@H]1C(=O)O. The molecule has 1 aliphatic rings. The molecule has 1 aliphatic heterocycles. The molecular formula is C17H21F2NO4. The van der Waals surface area contributed by atoms with E-state index in [9.17, 15) is 19.1 Å². The predicted molar refractivity (Wildman–Crippen MR) is 82.9 cm³/mol. The van der Waals surface area contributed by atoms with Gasteiger partial charge in [-0.15, -0.1) is 0 Å². The minimum atomic E-state index is -1.90. The van der Waals surface area contributed by atoms with Crippen molar-refractivity contribution in [3.8, 4) is 0 Å². The molecule has 1 N–H and O–H groups in total. The molecule has 0 bridgehead atoms. The highest BCUT2D eigenvalue weighted by molar-refractivity contribution is 5.81. The maximum absolute atomic E-state index is 15.1. The van der Waals surface area contributed by atoms with E-state index in [-0.39, 0.29) is 19.4 Å². The number of carbonyl (C=O) groups is 2. The van der Waals surface area contributed by atoms with E-state index in [0.717, 1.165) is 4.90 Å². The van der Waals surface area contributed by atoms with Crippen LogP contribution in [0, 0.1) is 5.82 Å². The lowest BCUT2D eigenvalue weighted by atomic mass is 9.93. The topological polar surface area (TPSA) is 66.8 Å². The highest BCUT2D eigenvalue weighted by Gasteiger charge is 2.50. The second-order valence-electron chi connectivity index (χ2n) is 7.12. The van der Waals surface area contributed by atoms with Crippen molar-refractivity contribution in [3.05, 3.63) is 35.6 Å². The van der Waals surface area contributed by atoms with Crippen molar-refractivity contribution in [1.29, 1.82) is 0 Å². The molecule has 1 saturated heterocycles. The first-order chi connectivity index (χ1) is 11.0. The van der Waals surface area contributed by atoms with Gasteiger partial charge in [-0.1, -0.05) is 12.1 Å². The fourth-order valence-corrected chi connectivity index (χ4v) is 2.77. The maximum Gasteiger partial charge on any atom is 0.411 e. The number of likely N-dealkylation sites (tertiary alicyclic amines) is 1. The molecule has 1 aromatic rings. The van der Waals surface area contributed by atoms with Gasteiger partial charge in [0.2, 0.25) is 0 Å². The minimum absolute atomic E-state index is 0.101. The summed E-state index contributed by atoms with van der Waals surface area (Å²) in [7, 11) is 0. The van der Waals surface area contributed by atoms with E-state index in [4.69, 9.17) is 4.74 Å². The number of rotatable bonds is 3. The molecule has 24 heavy (non-hydrogen) atoms. The number of carboxylic acid groups (broad SMARTS) is 1. The van der Waals surface area contributed by atoms with E-state index >= 15 is 4.39 Å². The Morgan fingerprint density at radius 3 is 2.42 bits per heavy atom. The van der Waals surface area contributed by atoms with Crippen molar-refractivity contribution in [1.82, 2.24) is 4.90 Å². The summed E-state index contributed by atoms with van der Waals surface area (Å²) < 4.78 is 33.3. The lowest BCUT2D eigenvalue weighted by Crippen LogP contribution is -2.43. The summed E-state index contributed by atoms with van der Waals surface area (Å²) >= 11 is 0. The maximum atomic E-state index is 15.1. The number of aliphatic carboxylic acids is 1. The number of halogens is 2. The second kappa shape index (κ2) is 6.37. The van der Waals surface area contributed by atoms with Crippen molar-refractivity contribution in [2.75, 3.05) is 6.54 Å². The van der Waals surface area contributed by atoms with Gasteiger partial charge in [-0.3, -0.25) is 4.90 Å². The van der Waals surface area contributed by atoms with E-state index in [1.54, 1.807) is 20.8 Å². The van der Waals surface area contributed by atoms with E-state index in [0.29, 0.717) is 5.56 Å². The van der Waals surface area contributed by atoms with Gasteiger partial charge in [0.25, 0.3) is 0 Å². The number of carboxylic acids is 1. The first kappa shape index (κ1) is 18.2. The zero-order chi connectivity index (χ0) is 18.1. The lowest BCUT2D eigenvalue weighted by Gasteiger charge is -2.27. The van der Waals surface area contributed by atoms with E-state index in [1.165, 1.54) is 24.3 Å². The fraction of sp³-hybridized carbons (Fsp3) is 0.529. The van der Waals surface area contributed by atoms with Gasteiger partial charge in [-0.25, -0.2) is 18.4 Å². The van der Waals surface area contributed by atoms with Gasteiger partial charge in [0.05, 0.1) is 6.54 Å². The Morgan fingerprint density at radius 1 is 1.33 bits per heavy atom. The molecule has 0 aromatic heterocycles. The minimum Gasteiger partial charge on any atom is -0.480 e. The van der Waals surface area contributed by atoms with E-state index in [1.807, 2.05) is 0 Å². The monoisotopic (exact) mass is 341 g/mol. The van der Waals surface area contributed by atoms with Gasteiger partial charge >= 0.3 is 12.1 Å². The zero-order valence-electron chi connectivity index (χ0n) is 13.9. The summed E-state index contributed by atoms with van der Waals surface area (Å²) in [5.74, 6) is -1.71. The highest BCUT2D eigenvalue weighted by Crippen LogP contribution is 2.35. The molecule has 2 rings (SSSR count). The third kappa shape index (κ3) is 4.43. The lowest BCUT2D eigenvalue weighted by molar-refractivity contribution is -0.142. The summed E-state index contributed by atoms with van der Waals surface area (Å²) in [6.07, 6.45) is -1.29. The Kier molecular flexibility index (Phi) is 4.82. The third-order valence-corrected chi connectivity index (χ3v) is 3.74. The van der Waals surface area contributed by atoms with Crippen LogP contribution in [0.5, 0.6) is 0 Å². The number of alkyl halides is 1. The zero-order valence-corrected chi connectivity index (χ0v) is 13.9. The molecule has 0 saturated carbocycles. The number of hydrogen-bond donors (Lipinski definition) is 1. The number of ether oxygens (including phenoxy) is 1. The average Bonchev–Trinajstić information content (AvgIpc) is 2.78. The molecule has 0 aliphatic carbocycles. The van der Waals surface area contributed by atoms with Gasteiger partial charge < -0.3 is 9.84 Å². The summed E-state index contributed by atoms with van der Waals surface area (Å²) in [6.45, 7) is 4.57. The molecule has 2 atom stereocenters. The second-order valence-corrected chi connectivity index (χ2v) is 7.12. The largest absolute Gasteiger partial charge is 0.480 e. The molecular weight excluding hydrogens is 320 g/mol. The summed E-state index contributed by atoms with van der Waals surface area (Å²) in [4.78, 5) is 24.5. The smallest absolute Gasteiger partial charge is 0.411 e. The van der Waals surface area contributed by atoms with Crippen LogP contribution in [0.3, 0.4) is 0 Å². The number of nitrogens with zero attached hydrogens (tertiary/aromatic N) is 1. The molecule has 7 heteroatoms. The van der Waals surface area contributed by atoms with Crippen LogP contribution in [0.2, 0.25) is 0 Å². The van der Waals surface area contributed by atoms with Gasteiger partial charge in [0, 0.05) is 12.8 Å². The quantitative estimate of drug-likeness (QED) is 0.917. The Labute approximate surface area is 139 Å². The van der Waals surface area contributed by atoms with Crippen LogP contribution in [-0.2, 0) is 16.0 Å². The van der Waals surface area contributed by atoms with Crippen LogP contribution >= 0.6 is 0 Å². The van der Waals surface area contributed by atoms with E-state index < -0.39 is 35.2 Å². The molecule has 5 nitrogen and oxygen atoms in total. The fourth-order valence-electron chi connectivity index (χ4n) is 2.77. The highest BCUT2D eigenvalue weighted by atomic mass is 19.1. The predicted octanol–water partition coefficient (Wildman–Crippen LogP) is 3.17. The molecule has 1 fully saturated rings. The van der Waals surface area contributed by atoms with Crippen molar-refractivity contribution in [2.45, 2.75) is 50.9 Å². The van der Waals surface area contributed by atoms with Crippen LogP contribution in [0.25, 0.3) is 0 Å². The van der Waals surface area contributed by atoms with Crippen LogP contribution in [0.1, 0.15) is 32.8 Å². The van der Waals surface area contributed by atoms with Gasteiger partial charge in [0.1, 0.15) is 23.1 Å². The number of benzene rings is 1. The van der Waals surface area contributed by atoms with Crippen LogP contribution in [0.15, 0.2) is 24.3 Å². The first-order valence-corrected chi connectivity index (χ1v) is 7.65. The first-order valence-electron chi connectivity index (χ1n) is 7.65. The van der Waals surface area contributed by atoms with Crippen molar-refractivity contribution < 1.29 is 28.2 Å². The van der Waals surface area contributed by atoms with Crippen LogP contribution in [0.4, 0.5) is 13.6 Å². The summed E-state index contributed by atoms with van der Waals surface area (Å²) in [6, 6.07) is 4.04. The van der Waals surface area contributed by atoms with Crippen LogP contribution < -0.4 is 0 Å². The van der Waals surface area contributed by atoms with Crippen LogP contribution in [-0.4, -0.2) is 45.9 Å². The van der Waals surface area contributed by atoms with E-state index in [2.05, 4.69) is 0 Å². The van der Waals surface area contributed by atoms with Crippen molar-refractivity contribution in [3.63, 3.8) is 0 Å².